The first-order valence-electron chi connectivity index (χ1n) is 18.1. The molecule has 54 heavy (non-hydrogen) atoms. The molecule has 9 rings (SSSR count). The third-order valence-corrected chi connectivity index (χ3v) is 10.3. The third kappa shape index (κ3) is 6.21. The molecule has 0 bridgehead atoms. The van der Waals surface area contributed by atoms with Crippen molar-refractivity contribution in [1.29, 1.82) is 0 Å². The van der Waals surface area contributed by atoms with Gasteiger partial charge in [-0.15, -0.1) is 35.4 Å². The molecule has 0 saturated carbocycles. The Morgan fingerprint density at radius 2 is 1.31 bits per heavy atom. The van der Waals surface area contributed by atoms with Gasteiger partial charge in [0.1, 0.15) is 11.6 Å². The summed E-state index contributed by atoms with van der Waals surface area (Å²) in [5, 5.41) is 14.7. The number of rotatable bonds is 5. The van der Waals surface area contributed by atoms with Crippen molar-refractivity contribution in [3.63, 3.8) is 0 Å². The van der Waals surface area contributed by atoms with Crippen LogP contribution in [0.3, 0.4) is 0 Å². The second kappa shape index (κ2) is 13.9. The molecular formula is C49H38N3OPt-. The zero-order valence-corrected chi connectivity index (χ0v) is 32.8. The number of para-hydroxylation sites is 2. The minimum Gasteiger partial charge on any atom is -0.507 e. The van der Waals surface area contributed by atoms with Crippen LogP contribution in [0.5, 0.6) is 5.75 Å². The van der Waals surface area contributed by atoms with E-state index in [0.717, 1.165) is 61.0 Å². The average Bonchev–Trinajstić information content (AvgIpc) is 3.56. The molecule has 0 radical (unpaired) electrons. The smallest absolute Gasteiger partial charge is 0.148 e. The second-order valence-electron chi connectivity index (χ2n) is 14.8. The van der Waals surface area contributed by atoms with Crippen molar-refractivity contribution in [3.8, 4) is 56.2 Å². The zero-order chi connectivity index (χ0) is 36.3. The van der Waals surface area contributed by atoms with Crippen LogP contribution in [0.1, 0.15) is 31.9 Å². The van der Waals surface area contributed by atoms with E-state index in [1.807, 2.05) is 24.4 Å². The Morgan fingerprint density at radius 1 is 0.611 bits per heavy atom. The number of aromatic nitrogens is 3. The van der Waals surface area contributed by atoms with Gasteiger partial charge in [0.15, 0.2) is 0 Å². The molecule has 4 nitrogen and oxygen atoms in total. The minimum absolute atomic E-state index is 0. The van der Waals surface area contributed by atoms with Crippen LogP contribution >= 0.6 is 0 Å². The van der Waals surface area contributed by atoms with Gasteiger partial charge in [0, 0.05) is 38.5 Å². The predicted octanol–water partition coefficient (Wildman–Crippen LogP) is 12.5. The summed E-state index contributed by atoms with van der Waals surface area (Å²) in [7, 11) is 0. The summed E-state index contributed by atoms with van der Waals surface area (Å²) < 4.78 is 2.19. The molecule has 9 aromatic rings. The fourth-order valence-electron chi connectivity index (χ4n) is 7.45. The number of phenolic OH excluding ortho intramolecular Hbond substituents is 1. The molecule has 0 amide bonds. The molecule has 0 aliphatic carbocycles. The van der Waals surface area contributed by atoms with Crippen molar-refractivity contribution in [2.75, 3.05) is 0 Å². The van der Waals surface area contributed by atoms with Gasteiger partial charge in [-0.25, -0.2) is 4.98 Å². The van der Waals surface area contributed by atoms with Gasteiger partial charge in [0.25, 0.3) is 0 Å². The van der Waals surface area contributed by atoms with Gasteiger partial charge in [0.05, 0.1) is 16.6 Å². The molecule has 5 heteroatoms. The molecule has 0 saturated heterocycles. The molecule has 7 aromatic carbocycles. The number of aryl methyl sites for hydroxylation is 1. The molecular weight excluding hydrogens is 842 g/mol. The normalized spacial score (nSPS) is 11.6. The fraction of sp³-hybridized carbons (Fsp3) is 0.102. The summed E-state index contributed by atoms with van der Waals surface area (Å²) in [5.41, 5.74) is 12.9. The standard InChI is InChI=1S/C49H38N3O.Pt/c1-31-25-26-50-46-40(31)16-10-17-41(46)35-13-9-14-36(28-35)43-29-37(34-20-19-32-11-5-6-12-33(32)27-34)30-44-47(43)51-48(42-15-7-8-18-45(42)53)52(44)39-23-21-38(22-24-39)49(2,3)4;/h5-27,29-30,53H,1-4H3;/q-1;. The number of benzene rings is 7. The first-order valence-corrected chi connectivity index (χ1v) is 18.1. The van der Waals surface area contributed by atoms with Gasteiger partial charge >= 0.3 is 0 Å². The van der Waals surface area contributed by atoms with Crippen LogP contribution in [0, 0.1) is 13.0 Å². The van der Waals surface area contributed by atoms with Crippen molar-refractivity contribution in [2.45, 2.75) is 33.1 Å². The van der Waals surface area contributed by atoms with Crippen molar-refractivity contribution < 1.29 is 26.2 Å². The molecule has 0 unspecified atom stereocenters. The van der Waals surface area contributed by atoms with E-state index in [0.29, 0.717) is 11.4 Å². The fourth-order valence-corrected chi connectivity index (χ4v) is 7.45. The van der Waals surface area contributed by atoms with Crippen LogP contribution < -0.4 is 0 Å². The Hall–Kier alpha value is -5.83. The Balaban J connectivity index is 0.00000413. The summed E-state index contributed by atoms with van der Waals surface area (Å²) in [6.07, 6.45) is 1.88. The average molecular weight is 880 g/mol. The van der Waals surface area contributed by atoms with Gasteiger partial charge in [0.2, 0.25) is 0 Å². The molecule has 0 atom stereocenters. The maximum absolute atomic E-state index is 11.2. The minimum atomic E-state index is 0. The van der Waals surface area contributed by atoms with Gasteiger partial charge in [-0.1, -0.05) is 117 Å². The van der Waals surface area contributed by atoms with Crippen LogP contribution in [0.25, 0.3) is 83.2 Å². The molecule has 0 aliphatic rings. The molecule has 1 N–H and O–H groups in total. The Bertz CT molecular complexity index is 2850. The summed E-state index contributed by atoms with van der Waals surface area (Å²) in [5.74, 6) is 0.849. The zero-order valence-electron chi connectivity index (χ0n) is 30.5. The topological polar surface area (TPSA) is 50.9 Å². The van der Waals surface area contributed by atoms with Crippen molar-refractivity contribution in [3.05, 3.63) is 169 Å². The van der Waals surface area contributed by atoms with Crippen LogP contribution in [-0.2, 0) is 26.5 Å². The quantitative estimate of drug-likeness (QED) is 0.175. The second-order valence-corrected chi connectivity index (χ2v) is 14.8. The Kier molecular flexibility index (Phi) is 9.04. The Labute approximate surface area is 330 Å². The van der Waals surface area contributed by atoms with Crippen LogP contribution in [0.2, 0.25) is 0 Å². The molecule has 0 aliphatic heterocycles. The number of imidazole rings is 1. The Morgan fingerprint density at radius 3 is 2.09 bits per heavy atom. The van der Waals surface area contributed by atoms with Crippen molar-refractivity contribution in [1.82, 2.24) is 14.5 Å². The molecule has 0 fully saturated rings. The van der Waals surface area contributed by atoms with Gasteiger partial charge in [-0.2, -0.15) is 0 Å². The SMILES string of the molecule is Cc1ccnc2c(-c3[c-]c(-c4cc(-c5ccc6ccccc6c5)cc5c4nc(-c4ccccc4O)n5-c4ccc(C(C)(C)C)cc4)ccc3)cccc12.[Pt]. The predicted molar refractivity (Wildman–Crippen MR) is 220 cm³/mol. The maximum Gasteiger partial charge on any atom is 0.148 e. The number of hydrogen-bond donors (Lipinski definition) is 1. The van der Waals surface area contributed by atoms with Crippen molar-refractivity contribution >= 4 is 32.7 Å². The number of pyridine rings is 1. The van der Waals surface area contributed by atoms with Crippen LogP contribution in [-0.4, -0.2) is 19.6 Å². The van der Waals surface area contributed by atoms with Crippen molar-refractivity contribution in [2.24, 2.45) is 0 Å². The van der Waals surface area contributed by atoms with Crippen LogP contribution in [0.4, 0.5) is 0 Å². The van der Waals surface area contributed by atoms with Gasteiger partial charge in [-0.05, 0) is 93.2 Å². The van der Waals surface area contributed by atoms with E-state index in [-0.39, 0.29) is 32.2 Å². The first kappa shape index (κ1) is 35.2. The van der Waals surface area contributed by atoms with E-state index < -0.39 is 0 Å². The summed E-state index contributed by atoms with van der Waals surface area (Å²) >= 11 is 0. The largest absolute Gasteiger partial charge is 0.507 e. The van der Waals surface area contributed by atoms with Gasteiger partial charge in [-0.3, -0.25) is 9.55 Å². The van der Waals surface area contributed by atoms with E-state index >= 15 is 0 Å². The number of fused-ring (bicyclic) bond motifs is 3. The van der Waals surface area contributed by atoms with E-state index in [1.54, 1.807) is 6.07 Å². The number of hydrogen-bond acceptors (Lipinski definition) is 3. The first-order chi connectivity index (χ1) is 25.7. The summed E-state index contributed by atoms with van der Waals surface area (Å²) in [4.78, 5) is 10.2. The third-order valence-electron chi connectivity index (χ3n) is 10.3. The monoisotopic (exact) mass is 879 g/mol. The number of phenols is 1. The van der Waals surface area contributed by atoms with E-state index in [2.05, 4.69) is 160 Å². The van der Waals surface area contributed by atoms with Gasteiger partial charge < -0.3 is 5.11 Å². The van der Waals surface area contributed by atoms with Crippen LogP contribution in [0.15, 0.2) is 152 Å². The molecule has 2 aromatic heterocycles. The summed E-state index contributed by atoms with van der Waals surface area (Å²) in [6.45, 7) is 8.80. The summed E-state index contributed by atoms with van der Waals surface area (Å²) in [6, 6.07) is 54.2. The van der Waals surface area contributed by atoms with E-state index in [1.165, 1.54) is 21.9 Å². The molecule has 266 valence electrons. The number of aromatic hydroxyl groups is 1. The maximum atomic E-state index is 11.2. The van der Waals surface area contributed by atoms with E-state index in [9.17, 15) is 5.11 Å². The molecule has 2 heterocycles. The molecule has 0 spiro atoms. The number of nitrogens with zero attached hydrogens (tertiary/aromatic N) is 3. The van der Waals surface area contributed by atoms with E-state index in [4.69, 9.17) is 9.97 Å².